The van der Waals surface area contributed by atoms with Gasteiger partial charge in [0.1, 0.15) is 12.1 Å². The third-order valence-electron chi connectivity index (χ3n) is 3.47. The molecule has 1 aromatic carbocycles. The quantitative estimate of drug-likeness (QED) is 0.524. The molecule has 0 saturated carbocycles. The van der Waals surface area contributed by atoms with Crippen molar-refractivity contribution < 1.29 is 9.26 Å². The SMILES string of the molecule is CCOPCOc1c(C)cc(C(C)(C)C)cc1C(C)(C)C. The summed E-state index contributed by atoms with van der Waals surface area (Å²) in [5.41, 5.74) is 4.08. The van der Waals surface area contributed by atoms with E-state index in [1.807, 2.05) is 6.92 Å². The Balaban J connectivity index is 3.17. The Hall–Kier alpha value is -0.590. The van der Waals surface area contributed by atoms with E-state index in [0.29, 0.717) is 15.2 Å². The highest BCUT2D eigenvalue weighted by atomic mass is 31.1. The highest BCUT2D eigenvalue weighted by Crippen LogP contribution is 2.38. The van der Waals surface area contributed by atoms with E-state index >= 15 is 0 Å². The van der Waals surface area contributed by atoms with Gasteiger partial charge in [-0.1, -0.05) is 53.7 Å². The van der Waals surface area contributed by atoms with E-state index < -0.39 is 0 Å². The highest BCUT2D eigenvalue weighted by Gasteiger charge is 2.24. The molecule has 3 heteroatoms. The second-order valence-corrected chi connectivity index (χ2v) is 8.40. The van der Waals surface area contributed by atoms with Gasteiger partial charge >= 0.3 is 0 Å². The molecule has 120 valence electrons. The van der Waals surface area contributed by atoms with Gasteiger partial charge in [0.25, 0.3) is 0 Å². The second-order valence-electron chi connectivity index (χ2n) is 7.54. The number of aryl methyl sites for hydroxylation is 1. The van der Waals surface area contributed by atoms with Crippen LogP contribution in [-0.4, -0.2) is 13.0 Å². The molecule has 1 atom stereocenters. The second kappa shape index (κ2) is 7.11. The molecule has 0 radical (unpaired) electrons. The Morgan fingerprint density at radius 1 is 1.00 bits per heavy atom. The predicted molar refractivity (Wildman–Crippen MR) is 94.0 cm³/mol. The highest BCUT2D eigenvalue weighted by molar-refractivity contribution is 7.31. The number of ether oxygens (including phenoxy) is 1. The van der Waals surface area contributed by atoms with Crippen molar-refractivity contribution in [1.29, 1.82) is 0 Å². The van der Waals surface area contributed by atoms with Crippen molar-refractivity contribution >= 4 is 8.81 Å². The van der Waals surface area contributed by atoms with Gasteiger partial charge in [0, 0.05) is 12.2 Å². The number of hydrogen-bond donors (Lipinski definition) is 0. The average molecular weight is 310 g/mol. The fraction of sp³-hybridized carbons (Fsp3) is 0.667. The van der Waals surface area contributed by atoms with Crippen LogP contribution >= 0.6 is 8.81 Å². The summed E-state index contributed by atoms with van der Waals surface area (Å²) in [6, 6.07) is 4.57. The van der Waals surface area contributed by atoms with E-state index in [0.717, 1.165) is 12.4 Å². The summed E-state index contributed by atoms with van der Waals surface area (Å²) in [7, 11) is 0.398. The van der Waals surface area contributed by atoms with Crippen molar-refractivity contribution in [2.24, 2.45) is 0 Å². The van der Waals surface area contributed by atoms with Crippen molar-refractivity contribution in [1.82, 2.24) is 0 Å². The van der Waals surface area contributed by atoms with Gasteiger partial charge in [0.05, 0.1) is 8.81 Å². The largest absolute Gasteiger partial charge is 0.486 e. The summed E-state index contributed by atoms with van der Waals surface area (Å²) in [5, 5.41) is 0. The van der Waals surface area contributed by atoms with E-state index in [-0.39, 0.29) is 10.8 Å². The van der Waals surface area contributed by atoms with Crippen LogP contribution in [0.2, 0.25) is 0 Å². The minimum Gasteiger partial charge on any atom is -0.486 e. The van der Waals surface area contributed by atoms with Crippen molar-refractivity contribution in [3.63, 3.8) is 0 Å². The maximum Gasteiger partial charge on any atom is 0.129 e. The normalized spacial score (nSPS) is 13.1. The van der Waals surface area contributed by atoms with Gasteiger partial charge in [-0.05, 0) is 35.8 Å². The minimum absolute atomic E-state index is 0.0656. The molecule has 0 fully saturated rings. The van der Waals surface area contributed by atoms with Gasteiger partial charge in [-0.3, -0.25) is 0 Å². The van der Waals surface area contributed by atoms with Crippen LogP contribution in [0.25, 0.3) is 0 Å². The Morgan fingerprint density at radius 3 is 2.10 bits per heavy atom. The molecule has 0 aliphatic rings. The lowest BCUT2D eigenvalue weighted by atomic mass is 9.79. The monoisotopic (exact) mass is 310 g/mol. The maximum absolute atomic E-state index is 6.05. The first-order chi connectivity index (χ1) is 9.57. The molecule has 0 amide bonds. The van der Waals surface area contributed by atoms with E-state index in [1.165, 1.54) is 16.7 Å². The van der Waals surface area contributed by atoms with Gasteiger partial charge in [-0.15, -0.1) is 0 Å². The Morgan fingerprint density at radius 2 is 1.62 bits per heavy atom. The molecule has 0 saturated heterocycles. The molecule has 0 N–H and O–H groups in total. The molecule has 2 nitrogen and oxygen atoms in total. The minimum atomic E-state index is 0.0656. The van der Waals surface area contributed by atoms with E-state index in [2.05, 4.69) is 60.6 Å². The Kier molecular flexibility index (Phi) is 6.25. The maximum atomic E-state index is 6.05. The van der Waals surface area contributed by atoms with Gasteiger partial charge in [0.2, 0.25) is 0 Å². The van der Waals surface area contributed by atoms with Crippen LogP contribution in [0.1, 0.15) is 65.2 Å². The topological polar surface area (TPSA) is 18.5 Å². The zero-order chi connectivity index (χ0) is 16.3. The molecule has 21 heavy (non-hydrogen) atoms. The van der Waals surface area contributed by atoms with Gasteiger partial charge in [-0.25, -0.2) is 0 Å². The lowest BCUT2D eigenvalue weighted by Crippen LogP contribution is -2.18. The molecule has 0 aliphatic heterocycles. The molecule has 0 aromatic heterocycles. The molecule has 1 unspecified atom stereocenters. The summed E-state index contributed by atoms with van der Waals surface area (Å²) < 4.78 is 11.5. The van der Waals surface area contributed by atoms with Crippen LogP contribution in [0.4, 0.5) is 0 Å². The van der Waals surface area contributed by atoms with Gasteiger partial charge in [0.15, 0.2) is 0 Å². The van der Waals surface area contributed by atoms with E-state index in [4.69, 9.17) is 9.26 Å². The molecule has 0 bridgehead atoms. The van der Waals surface area contributed by atoms with Crippen LogP contribution in [0.5, 0.6) is 5.75 Å². The first-order valence-corrected chi connectivity index (χ1v) is 8.82. The van der Waals surface area contributed by atoms with Crippen molar-refractivity contribution in [2.75, 3.05) is 13.0 Å². The third-order valence-corrected chi connectivity index (χ3v) is 4.23. The van der Waals surface area contributed by atoms with Crippen LogP contribution in [-0.2, 0) is 15.4 Å². The van der Waals surface area contributed by atoms with Crippen LogP contribution in [0.15, 0.2) is 12.1 Å². The van der Waals surface area contributed by atoms with Crippen LogP contribution < -0.4 is 4.74 Å². The van der Waals surface area contributed by atoms with E-state index in [1.54, 1.807) is 0 Å². The molecular formula is C18H31O2P. The summed E-state index contributed by atoms with van der Waals surface area (Å²) in [4.78, 5) is 0. The first-order valence-electron chi connectivity index (χ1n) is 7.70. The van der Waals surface area contributed by atoms with Gasteiger partial charge < -0.3 is 9.26 Å². The zero-order valence-electron chi connectivity index (χ0n) is 14.9. The van der Waals surface area contributed by atoms with Crippen molar-refractivity contribution in [3.05, 3.63) is 28.8 Å². The third kappa shape index (κ3) is 5.27. The smallest absolute Gasteiger partial charge is 0.129 e. The van der Waals surface area contributed by atoms with Crippen LogP contribution in [0.3, 0.4) is 0 Å². The fourth-order valence-corrected chi connectivity index (χ4v) is 2.69. The molecule has 0 heterocycles. The molecule has 0 spiro atoms. The predicted octanol–water partition coefficient (Wildman–Crippen LogP) is 5.56. The molecule has 0 aliphatic carbocycles. The van der Waals surface area contributed by atoms with Gasteiger partial charge in [-0.2, -0.15) is 0 Å². The summed E-state index contributed by atoms with van der Waals surface area (Å²) >= 11 is 0. The molecular weight excluding hydrogens is 279 g/mol. The Bertz CT molecular complexity index is 467. The number of hydrogen-bond acceptors (Lipinski definition) is 2. The zero-order valence-corrected chi connectivity index (χ0v) is 15.9. The number of benzene rings is 1. The summed E-state index contributed by atoms with van der Waals surface area (Å²) in [6.07, 6.45) is 0.632. The summed E-state index contributed by atoms with van der Waals surface area (Å²) in [6.45, 7) is 18.4. The summed E-state index contributed by atoms with van der Waals surface area (Å²) in [5.74, 6) is 1.03. The Labute approximate surface area is 132 Å². The molecule has 1 aromatic rings. The standard InChI is InChI=1S/C18H31O2P/c1-9-20-21-12-19-16-13(2)10-14(17(3,4)5)11-15(16)18(6,7)8/h10-11,21H,9,12H2,1-8H3. The van der Waals surface area contributed by atoms with E-state index in [9.17, 15) is 0 Å². The lowest BCUT2D eigenvalue weighted by molar-refractivity contribution is 0.334. The lowest BCUT2D eigenvalue weighted by Gasteiger charge is -2.28. The van der Waals surface area contributed by atoms with Crippen molar-refractivity contribution in [3.8, 4) is 5.75 Å². The number of rotatable bonds is 5. The molecule has 1 rings (SSSR count). The van der Waals surface area contributed by atoms with Crippen LogP contribution in [0, 0.1) is 6.92 Å². The average Bonchev–Trinajstić information content (AvgIpc) is 2.33. The first kappa shape index (κ1) is 18.5. The van der Waals surface area contributed by atoms with Crippen molar-refractivity contribution in [2.45, 2.75) is 66.2 Å². The fourth-order valence-electron chi connectivity index (χ4n) is 2.20.